The molecule has 0 saturated carbocycles. The van der Waals surface area contributed by atoms with Gasteiger partial charge in [-0.1, -0.05) is 12.1 Å². The van der Waals surface area contributed by atoms with Crippen LogP contribution in [0.3, 0.4) is 0 Å². The van der Waals surface area contributed by atoms with Crippen LogP contribution < -0.4 is 19.5 Å². The fourth-order valence-corrected chi connectivity index (χ4v) is 5.21. The van der Waals surface area contributed by atoms with Crippen LogP contribution in [-0.4, -0.2) is 52.5 Å². The van der Waals surface area contributed by atoms with E-state index in [1.54, 1.807) is 24.3 Å². The highest BCUT2D eigenvalue weighted by atomic mass is 32.2. The number of anilines is 1. The van der Waals surface area contributed by atoms with Gasteiger partial charge in [-0.3, -0.25) is 4.79 Å². The number of rotatable bonds is 8. The molecule has 1 fully saturated rings. The molecule has 0 aromatic heterocycles. The Labute approximate surface area is 183 Å². The summed E-state index contributed by atoms with van der Waals surface area (Å²) in [5.41, 5.74) is 0.616. The number of piperidine rings is 1. The average molecular weight is 449 g/mol. The van der Waals surface area contributed by atoms with Crippen LogP contribution in [0, 0.1) is 5.92 Å². The molecule has 1 aliphatic rings. The lowest BCUT2D eigenvalue weighted by atomic mass is 9.97. The highest BCUT2D eigenvalue weighted by molar-refractivity contribution is 7.89. The van der Waals surface area contributed by atoms with Crippen LogP contribution in [0.25, 0.3) is 0 Å². The summed E-state index contributed by atoms with van der Waals surface area (Å²) in [5, 5.41) is 2.92. The molecule has 1 heterocycles. The first-order valence-electron chi connectivity index (χ1n) is 10.2. The first kappa shape index (κ1) is 22.9. The topological polar surface area (TPSA) is 94.2 Å². The number of ether oxygens (including phenoxy) is 3. The Balaban J connectivity index is 1.69. The molecule has 2 aromatic rings. The fourth-order valence-electron chi connectivity index (χ4n) is 3.57. The van der Waals surface area contributed by atoms with Gasteiger partial charge in [-0.05, 0) is 44.0 Å². The molecule has 8 nitrogen and oxygen atoms in total. The summed E-state index contributed by atoms with van der Waals surface area (Å²) in [6, 6.07) is 11.9. The van der Waals surface area contributed by atoms with E-state index in [1.165, 1.54) is 24.6 Å². The number of methoxy groups -OCH3 is 2. The molecule has 31 heavy (non-hydrogen) atoms. The second-order valence-corrected chi connectivity index (χ2v) is 9.02. The molecule has 0 atom stereocenters. The number of amides is 1. The smallest absolute Gasteiger partial charge is 0.246 e. The van der Waals surface area contributed by atoms with Gasteiger partial charge in [-0.15, -0.1) is 0 Å². The highest BCUT2D eigenvalue weighted by Gasteiger charge is 2.34. The minimum Gasteiger partial charge on any atom is -0.497 e. The van der Waals surface area contributed by atoms with Crippen molar-refractivity contribution >= 4 is 21.6 Å². The van der Waals surface area contributed by atoms with E-state index >= 15 is 0 Å². The van der Waals surface area contributed by atoms with E-state index < -0.39 is 10.0 Å². The van der Waals surface area contributed by atoms with Crippen LogP contribution in [0.5, 0.6) is 17.2 Å². The molecule has 0 radical (unpaired) electrons. The maximum atomic E-state index is 13.2. The quantitative estimate of drug-likeness (QED) is 0.667. The molecule has 0 unspecified atom stereocenters. The monoisotopic (exact) mass is 448 g/mol. The molecule has 0 bridgehead atoms. The maximum absolute atomic E-state index is 13.2. The van der Waals surface area contributed by atoms with Crippen molar-refractivity contribution in [3.8, 4) is 17.2 Å². The van der Waals surface area contributed by atoms with Crippen molar-refractivity contribution in [2.75, 3.05) is 39.2 Å². The Hall–Kier alpha value is -2.78. The van der Waals surface area contributed by atoms with E-state index in [9.17, 15) is 13.2 Å². The highest BCUT2D eigenvalue weighted by Crippen LogP contribution is 2.33. The Kier molecular flexibility index (Phi) is 7.40. The molecule has 168 valence electrons. The van der Waals surface area contributed by atoms with Crippen LogP contribution in [0.2, 0.25) is 0 Å². The second-order valence-electron chi connectivity index (χ2n) is 7.11. The zero-order valence-corrected chi connectivity index (χ0v) is 18.8. The zero-order chi connectivity index (χ0) is 22.4. The molecule has 9 heteroatoms. The first-order chi connectivity index (χ1) is 14.9. The summed E-state index contributed by atoms with van der Waals surface area (Å²) >= 11 is 0. The minimum atomic E-state index is -3.78. The van der Waals surface area contributed by atoms with Crippen molar-refractivity contribution in [2.45, 2.75) is 24.7 Å². The van der Waals surface area contributed by atoms with Gasteiger partial charge in [-0.25, -0.2) is 8.42 Å². The molecule has 3 rings (SSSR count). The van der Waals surface area contributed by atoms with Crippen molar-refractivity contribution in [3.05, 3.63) is 42.5 Å². The molecular weight excluding hydrogens is 420 g/mol. The number of nitrogens with one attached hydrogen (secondary N) is 1. The van der Waals surface area contributed by atoms with Crippen LogP contribution in [-0.2, 0) is 14.8 Å². The van der Waals surface area contributed by atoms with Gasteiger partial charge in [0, 0.05) is 25.1 Å². The van der Waals surface area contributed by atoms with E-state index in [0.717, 1.165) is 0 Å². The zero-order valence-electron chi connectivity index (χ0n) is 18.0. The Morgan fingerprint density at radius 3 is 2.42 bits per heavy atom. The van der Waals surface area contributed by atoms with Crippen molar-refractivity contribution < 1.29 is 27.4 Å². The molecule has 1 aliphatic heterocycles. The molecule has 0 spiro atoms. The lowest BCUT2D eigenvalue weighted by molar-refractivity contribution is -0.120. The number of hydrogen-bond acceptors (Lipinski definition) is 6. The maximum Gasteiger partial charge on any atom is 0.246 e. The standard InChI is InChI=1S/C22H28N2O6S/c1-4-30-19-8-6-5-7-18(19)23-22(25)16-11-13-24(14-12-16)31(26,27)21-15-17(28-2)9-10-20(21)29-3/h5-10,15-16H,4,11-14H2,1-3H3,(H,23,25). The third-order valence-corrected chi connectivity index (χ3v) is 7.18. The van der Waals surface area contributed by atoms with Crippen molar-refractivity contribution in [1.29, 1.82) is 0 Å². The number of para-hydroxylation sites is 2. The van der Waals surface area contributed by atoms with E-state index in [4.69, 9.17) is 14.2 Å². The predicted molar refractivity (Wildman–Crippen MR) is 117 cm³/mol. The first-order valence-corrected chi connectivity index (χ1v) is 11.6. The molecule has 2 aromatic carbocycles. The summed E-state index contributed by atoms with van der Waals surface area (Å²) in [5.74, 6) is 0.884. The minimum absolute atomic E-state index is 0.0582. The largest absolute Gasteiger partial charge is 0.497 e. The van der Waals surface area contributed by atoms with Crippen LogP contribution in [0.4, 0.5) is 5.69 Å². The summed E-state index contributed by atoms with van der Waals surface area (Å²) in [7, 11) is -0.877. The summed E-state index contributed by atoms with van der Waals surface area (Å²) in [6.07, 6.45) is 0.850. The Bertz CT molecular complexity index is 1020. The van der Waals surface area contributed by atoms with E-state index in [0.29, 0.717) is 36.6 Å². The second kappa shape index (κ2) is 10.0. The summed E-state index contributed by atoms with van der Waals surface area (Å²) in [4.78, 5) is 12.8. The Morgan fingerprint density at radius 2 is 1.77 bits per heavy atom. The number of benzene rings is 2. The van der Waals surface area contributed by atoms with Gasteiger partial charge < -0.3 is 19.5 Å². The lowest BCUT2D eigenvalue weighted by Gasteiger charge is -2.31. The summed E-state index contributed by atoms with van der Waals surface area (Å²) < 4.78 is 43.7. The van der Waals surface area contributed by atoms with Crippen molar-refractivity contribution in [3.63, 3.8) is 0 Å². The van der Waals surface area contributed by atoms with E-state index in [2.05, 4.69) is 5.32 Å². The SMILES string of the molecule is CCOc1ccccc1NC(=O)C1CCN(S(=O)(=O)c2cc(OC)ccc2OC)CC1. The van der Waals surface area contributed by atoms with Gasteiger partial charge in [0.15, 0.2) is 0 Å². The van der Waals surface area contributed by atoms with E-state index in [-0.39, 0.29) is 35.6 Å². The number of carbonyl (C=O) groups excluding carboxylic acids is 1. The molecule has 0 aliphatic carbocycles. The Morgan fingerprint density at radius 1 is 1.06 bits per heavy atom. The third kappa shape index (κ3) is 5.11. The number of hydrogen-bond donors (Lipinski definition) is 1. The lowest BCUT2D eigenvalue weighted by Crippen LogP contribution is -2.41. The molecule has 1 amide bonds. The van der Waals surface area contributed by atoms with Crippen molar-refractivity contribution in [1.82, 2.24) is 4.31 Å². The van der Waals surface area contributed by atoms with Gasteiger partial charge in [-0.2, -0.15) is 4.31 Å². The van der Waals surface area contributed by atoms with E-state index in [1.807, 2.05) is 19.1 Å². The van der Waals surface area contributed by atoms with Crippen LogP contribution in [0.1, 0.15) is 19.8 Å². The van der Waals surface area contributed by atoms with Gasteiger partial charge in [0.25, 0.3) is 0 Å². The molecule has 1 saturated heterocycles. The normalized spacial score (nSPS) is 15.3. The van der Waals surface area contributed by atoms with Gasteiger partial charge in [0.1, 0.15) is 22.1 Å². The van der Waals surface area contributed by atoms with Crippen LogP contribution >= 0.6 is 0 Å². The number of nitrogens with zero attached hydrogens (tertiary/aromatic N) is 1. The van der Waals surface area contributed by atoms with Crippen molar-refractivity contribution in [2.24, 2.45) is 5.92 Å². The van der Waals surface area contributed by atoms with Gasteiger partial charge >= 0.3 is 0 Å². The fraction of sp³-hybridized carbons (Fsp3) is 0.409. The average Bonchev–Trinajstić information content (AvgIpc) is 2.80. The number of carbonyl (C=O) groups is 1. The van der Waals surface area contributed by atoms with Crippen LogP contribution in [0.15, 0.2) is 47.4 Å². The van der Waals surface area contributed by atoms with Gasteiger partial charge in [0.2, 0.25) is 15.9 Å². The molecule has 1 N–H and O–H groups in total. The summed E-state index contributed by atoms with van der Waals surface area (Å²) in [6.45, 7) is 2.87. The van der Waals surface area contributed by atoms with Gasteiger partial charge in [0.05, 0.1) is 26.5 Å². The predicted octanol–water partition coefficient (Wildman–Crippen LogP) is 3.14. The third-order valence-electron chi connectivity index (χ3n) is 5.26. The number of sulfonamides is 1. The molecular formula is C22H28N2O6S.